The zero-order chi connectivity index (χ0) is 14.7. The molecule has 0 aromatic carbocycles. The van der Waals surface area contributed by atoms with Crippen LogP contribution in [0.5, 0.6) is 0 Å². The molecule has 1 heterocycles. The van der Waals surface area contributed by atoms with Crippen LogP contribution in [0.4, 0.5) is 0 Å². The van der Waals surface area contributed by atoms with Gasteiger partial charge in [-0.05, 0) is 26.7 Å². The highest BCUT2D eigenvalue weighted by Crippen LogP contribution is 2.48. The third-order valence-corrected chi connectivity index (χ3v) is 5.68. The normalized spacial score (nSPS) is 18.4. The zero-order valence-corrected chi connectivity index (χ0v) is 14.0. The molecule has 20 heavy (non-hydrogen) atoms. The van der Waals surface area contributed by atoms with Crippen LogP contribution in [-0.4, -0.2) is 32.1 Å². The van der Waals surface area contributed by atoms with Crippen molar-refractivity contribution in [2.75, 3.05) is 26.0 Å². The van der Waals surface area contributed by atoms with Gasteiger partial charge in [-0.1, -0.05) is 38.5 Å². The molecule has 0 aromatic rings. The Morgan fingerprint density at radius 3 is 1.95 bits per heavy atom. The molecule has 0 bridgehead atoms. The smallest absolute Gasteiger partial charge is 0.330 e. The summed E-state index contributed by atoms with van der Waals surface area (Å²) >= 11 is 0. The summed E-state index contributed by atoms with van der Waals surface area (Å²) in [5, 5.41) is 0. The van der Waals surface area contributed by atoms with Gasteiger partial charge in [-0.25, -0.2) is 0 Å². The first-order chi connectivity index (χ1) is 9.70. The van der Waals surface area contributed by atoms with E-state index in [4.69, 9.17) is 13.8 Å². The van der Waals surface area contributed by atoms with E-state index in [1.165, 1.54) is 38.5 Å². The highest BCUT2D eigenvalue weighted by atomic mass is 31.2. The molecule has 1 rings (SSSR count). The van der Waals surface area contributed by atoms with Gasteiger partial charge in [-0.3, -0.25) is 4.57 Å². The average molecular weight is 306 g/mol. The molecule has 5 heteroatoms. The Kier molecular flexibility index (Phi) is 9.79. The summed E-state index contributed by atoms with van der Waals surface area (Å²) in [6.45, 7) is 5.63. The summed E-state index contributed by atoms with van der Waals surface area (Å²) in [5.41, 5.74) is 0. The molecule has 0 aromatic heterocycles. The molecule has 4 nitrogen and oxygen atoms in total. The number of epoxide rings is 1. The molecule has 120 valence electrons. The van der Waals surface area contributed by atoms with Crippen molar-refractivity contribution in [3.63, 3.8) is 0 Å². The van der Waals surface area contributed by atoms with Crippen LogP contribution in [-0.2, 0) is 18.3 Å². The molecule has 0 spiro atoms. The number of rotatable bonds is 14. The SMILES string of the molecule is CCOP(=O)(CCCCCCCCCC1CO1)OCC. The molecule has 1 saturated heterocycles. The van der Waals surface area contributed by atoms with Crippen LogP contribution in [0.1, 0.15) is 65.2 Å². The summed E-state index contributed by atoms with van der Waals surface area (Å²) in [7, 11) is -2.80. The minimum absolute atomic E-state index is 0.460. The van der Waals surface area contributed by atoms with E-state index in [0.29, 0.717) is 25.5 Å². The lowest BCUT2D eigenvalue weighted by atomic mass is 10.1. The highest BCUT2D eigenvalue weighted by Gasteiger charge is 2.22. The second-order valence-corrected chi connectivity index (χ2v) is 7.57. The van der Waals surface area contributed by atoms with E-state index >= 15 is 0 Å². The van der Waals surface area contributed by atoms with E-state index in [9.17, 15) is 4.57 Å². The highest BCUT2D eigenvalue weighted by molar-refractivity contribution is 7.53. The Hall–Kier alpha value is 0.110. The van der Waals surface area contributed by atoms with Crippen molar-refractivity contribution >= 4 is 7.60 Å². The van der Waals surface area contributed by atoms with Gasteiger partial charge in [0.1, 0.15) is 0 Å². The minimum Gasteiger partial charge on any atom is -0.373 e. The van der Waals surface area contributed by atoms with Gasteiger partial charge in [0.15, 0.2) is 0 Å². The predicted octanol–water partition coefficient (Wildman–Crippen LogP) is 4.77. The van der Waals surface area contributed by atoms with Gasteiger partial charge in [0.05, 0.1) is 32.1 Å². The van der Waals surface area contributed by atoms with Crippen LogP contribution in [0.2, 0.25) is 0 Å². The molecule has 1 atom stereocenters. The quantitative estimate of drug-likeness (QED) is 0.263. The molecular weight excluding hydrogens is 275 g/mol. The Balaban J connectivity index is 1.89. The topological polar surface area (TPSA) is 48.1 Å². The van der Waals surface area contributed by atoms with Gasteiger partial charge >= 0.3 is 7.60 Å². The van der Waals surface area contributed by atoms with E-state index in [-0.39, 0.29) is 0 Å². The molecular formula is C15H31O4P. The minimum atomic E-state index is -2.80. The molecule has 1 fully saturated rings. The third-order valence-electron chi connectivity index (χ3n) is 3.51. The maximum Gasteiger partial charge on any atom is 0.330 e. The van der Waals surface area contributed by atoms with Crippen LogP contribution >= 0.6 is 7.60 Å². The Morgan fingerprint density at radius 2 is 1.45 bits per heavy atom. The lowest BCUT2D eigenvalue weighted by molar-refractivity contribution is 0.219. The Bertz CT molecular complexity index is 269. The molecule has 1 unspecified atom stereocenters. The molecule has 0 N–H and O–H groups in total. The molecule has 0 radical (unpaired) electrons. The third kappa shape index (κ3) is 9.12. The van der Waals surface area contributed by atoms with Crippen molar-refractivity contribution in [1.29, 1.82) is 0 Å². The van der Waals surface area contributed by atoms with Crippen molar-refractivity contribution in [1.82, 2.24) is 0 Å². The standard InChI is InChI=1S/C15H31O4P/c1-3-18-20(16,19-4-2)13-11-9-7-5-6-8-10-12-15-14-17-15/h15H,3-14H2,1-2H3. The van der Waals surface area contributed by atoms with Crippen LogP contribution in [0.15, 0.2) is 0 Å². The van der Waals surface area contributed by atoms with Gasteiger partial charge < -0.3 is 13.8 Å². The van der Waals surface area contributed by atoms with Gasteiger partial charge in [0, 0.05) is 0 Å². The first-order valence-corrected chi connectivity index (χ1v) is 9.92. The Labute approximate surface area is 124 Å². The van der Waals surface area contributed by atoms with Crippen molar-refractivity contribution in [3.05, 3.63) is 0 Å². The fourth-order valence-corrected chi connectivity index (χ4v) is 4.09. The van der Waals surface area contributed by atoms with Crippen LogP contribution in [0, 0.1) is 0 Å². The van der Waals surface area contributed by atoms with E-state index in [1.54, 1.807) is 0 Å². The maximum atomic E-state index is 12.2. The van der Waals surface area contributed by atoms with Gasteiger partial charge in [-0.15, -0.1) is 0 Å². The first-order valence-electron chi connectivity index (χ1n) is 8.20. The van der Waals surface area contributed by atoms with E-state index < -0.39 is 7.60 Å². The zero-order valence-electron chi connectivity index (χ0n) is 13.1. The average Bonchev–Trinajstić information content (AvgIpc) is 3.21. The van der Waals surface area contributed by atoms with E-state index in [0.717, 1.165) is 19.4 Å². The number of hydrogen-bond donors (Lipinski definition) is 0. The summed E-state index contributed by atoms with van der Waals surface area (Å²) in [5.74, 6) is 0. The lowest BCUT2D eigenvalue weighted by Gasteiger charge is -2.16. The fourth-order valence-electron chi connectivity index (χ4n) is 2.36. The predicted molar refractivity (Wildman–Crippen MR) is 82.4 cm³/mol. The van der Waals surface area contributed by atoms with Gasteiger partial charge in [0.2, 0.25) is 0 Å². The van der Waals surface area contributed by atoms with Gasteiger partial charge in [-0.2, -0.15) is 0 Å². The summed E-state index contributed by atoms with van der Waals surface area (Å²) < 4.78 is 27.9. The summed E-state index contributed by atoms with van der Waals surface area (Å²) in [4.78, 5) is 0. The van der Waals surface area contributed by atoms with E-state index in [2.05, 4.69) is 0 Å². The molecule has 0 aliphatic carbocycles. The molecule has 0 saturated carbocycles. The summed E-state index contributed by atoms with van der Waals surface area (Å²) in [6, 6.07) is 0. The van der Waals surface area contributed by atoms with Crippen LogP contribution in [0.3, 0.4) is 0 Å². The lowest BCUT2D eigenvalue weighted by Crippen LogP contribution is -2.00. The number of ether oxygens (including phenoxy) is 1. The monoisotopic (exact) mass is 306 g/mol. The first kappa shape index (κ1) is 18.2. The second-order valence-electron chi connectivity index (χ2n) is 5.39. The maximum absolute atomic E-state index is 12.2. The molecule has 1 aliphatic heterocycles. The summed E-state index contributed by atoms with van der Waals surface area (Å²) in [6.07, 6.45) is 10.9. The van der Waals surface area contributed by atoms with Crippen molar-refractivity contribution in [3.8, 4) is 0 Å². The van der Waals surface area contributed by atoms with Crippen molar-refractivity contribution < 1.29 is 18.3 Å². The molecule has 0 amide bonds. The second kappa shape index (κ2) is 10.8. The Morgan fingerprint density at radius 1 is 0.950 bits per heavy atom. The number of unbranched alkanes of at least 4 members (excludes halogenated alkanes) is 6. The van der Waals surface area contributed by atoms with Crippen molar-refractivity contribution in [2.24, 2.45) is 0 Å². The van der Waals surface area contributed by atoms with Crippen molar-refractivity contribution in [2.45, 2.75) is 71.3 Å². The van der Waals surface area contributed by atoms with Crippen LogP contribution < -0.4 is 0 Å². The van der Waals surface area contributed by atoms with E-state index in [1.807, 2.05) is 13.8 Å². The fraction of sp³-hybridized carbons (Fsp3) is 1.00. The van der Waals surface area contributed by atoms with Crippen LogP contribution in [0.25, 0.3) is 0 Å². The largest absolute Gasteiger partial charge is 0.373 e. The van der Waals surface area contributed by atoms with Gasteiger partial charge in [0.25, 0.3) is 0 Å². The number of hydrogen-bond acceptors (Lipinski definition) is 4. The molecule has 1 aliphatic rings.